The van der Waals surface area contributed by atoms with Gasteiger partial charge < -0.3 is 10.2 Å². The van der Waals surface area contributed by atoms with E-state index >= 15 is 0 Å². The second-order valence-corrected chi connectivity index (χ2v) is 5.23. The molecule has 0 spiro atoms. The van der Waals surface area contributed by atoms with Gasteiger partial charge in [0.25, 0.3) is 5.91 Å². The quantitative estimate of drug-likeness (QED) is 0.847. The lowest BCUT2D eigenvalue weighted by molar-refractivity contribution is 0.0936. The van der Waals surface area contributed by atoms with Gasteiger partial charge in [0.15, 0.2) is 0 Å². The molecule has 0 saturated carbocycles. The normalized spacial score (nSPS) is 12.6. The van der Waals surface area contributed by atoms with Crippen molar-refractivity contribution in [1.82, 2.24) is 15.2 Å². The van der Waals surface area contributed by atoms with Crippen molar-refractivity contribution in [2.45, 2.75) is 19.4 Å². The molecule has 1 rings (SSSR count). The van der Waals surface area contributed by atoms with Crippen molar-refractivity contribution in [3.8, 4) is 0 Å². The first-order valence-electron chi connectivity index (χ1n) is 5.66. The SMILES string of the molecule is CC(CCN(C)C)NC(=O)c1cnc(Cl)c(Cl)c1. The first-order valence-corrected chi connectivity index (χ1v) is 6.42. The highest BCUT2D eigenvalue weighted by atomic mass is 35.5. The molecule has 0 saturated heterocycles. The van der Waals surface area contributed by atoms with Crippen molar-refractivity contribution in [3.63, 3.8) is 0 Å². The molecule has 100 valence electrons. The molecule has 0 aliphatic carbocycles. The molecular weight excluding hydrogens is 273 g/mol. The van der Waals surface area contributed by atoms with Crippen LogP contribution in [0.3, 0.4) is 0 Å². The Balaban J connectivity index is 2.56. The molecule has 0 fully saturated rings. The fraction of sp³-hybridized carbons (Fsp3) is 0.500. The molecule has 1 aromatic heterocycles. The maximum atomic E-state index is 11.9. The van der Waals surface area contributed by atoms with Crippen LogP contribution in [0.4, 0.5) is 0 Å². The van der Waals surface area contributed by atoms with Gasteiger partial charge in [-0.3, -0.25) is 4.79 Å². The number of nitrogens with zero attached hydrogens (tertiary/aromatic N) is 2. The van der Waals surface area contributed by atoms with Crippen molar-refractivity contribution < 1.29 is 4.79 Å². The molecule has 1 atom stereocenters. The second-order valence-electron chi connectivity index (χ2n) is 4.46. The Morgan fingerprint density at radius 1 is 1.50 bits per heavy atom. The first kappa shape index (κ1) is 15.2. The van der Waals surface area contributed by atoms with Gasteiger partial charge in [0.05, 0.1) is 10.6 Å². The molecule has 1 heterocycles. The number of halogens is 2. The van der Waals surface area contributed by atoms with Gasteiger partial charge in [0, 0.05) is 12.2 Å². The second kappa shape index (κ2) is 6.92. The zero-order valence-electron chi connectivity index (χ0n) is 10.7. The van der Waals surface area contributed by atoms with Crippen LogP contribution in [0.25, 0.3) is 0 Å². The highest BCUT2D eigenvalue weighted by molar-refractivity contribution is 6.41. The van der Waals surface area contributed by atoms with E-state index in [4.69, 9.17) is 23.2 Å². The van der Waals surface area contributed by atoms with Crippen LogP contribution < -0.4 is 5.32 Å². The van der Waals surface area contributed by atoms with Crippen LogP contribution in [0.5, 0.6) is 0 Å². The summed E-state index contributed by atoms with van der Waals surface area (Å²) in [6, 6.07) is 1.61. The maximum Gasteiger partial charge on any atom is 0.253 e. The van der Waals surface area contributed by atoms with Gasteiger partial charge in [-0.05, 0) is 40.1 Å². The summed E-state index contributed by atoms with van der Waals surface area (Å²) >= 11 is 11.5. The Labute approximate surface area is 117 Å². The van der Waals surface area contributed by atoms with E-state index in [1.165, 1.54) is 12.3 Å². The smallest absolute Gasteiger partial charge is 0.253 e. The van der Waals surface area contributed by atoms with Crippen molar-refractivity contribution in [1.29, 1.82) is 0 Å². The Bertz CT molecular complexity index is 424. The topological polar surface area (TPSA) is 45.2 Å². The summed E-state index contributed by atoms with van der Waals surface area (Å²) in [5.41, 5.74) is 0.418. The predicted molar refractivity (Wildman–Crippen MR) is 74.4 cm³/mol. The number of amides is 1. The van der Waals surface area contributed by atoms with Crippen LogP contribution in [-0.2, 0) is 0 Å². The third-order valence-corrected chi connectivity index (χ3v) is 3.13. The van der Waals surface area contributed by atoms with Gasteiger partial charge in [0.1, 0.15) is 5.15 Å². The molecule has 18 heavy (non-hydrogen) atoms. The van der Waals surface area contributed by atoms with E-state index in [1.54, 1.807) is 0 Å². The van der Waals surface area contributed by atoms with E-state index in [0.717, 1.165) is 13.0 Å². The molecule has 0 bridgehead atoms. The summed E-state index contributed by atoms with van der Waals surface area (Å²) in [5.74, 6) is -0.188. The molecule has 0 aliphatic rings. The lowest BCUT2D eigenvalue weighted by Gasteiger charge is -2.16. The van der Waals surface area contributed by atoms with Crippen LogP contribution in [0.2, 0.25) is 10.2 Å². The average Bonchev–Trinajstić information content (AvgIpc) is 2.30. The monoisotopic (exact) mass is 289 g/mol. The Hall–Kier alpha value is -0.840. The summed E-state index contributed by atoms with van der Waals surface area (Å²) < 4.78 is 0. The van der Waals surface area contributed by atoms with Crippen LogP contribution in [0.1, 0.15) is 23.7 Å². The highest BCUT2D eigenvalue weighted by Crippen LogP contribution is 2.19. The number of rotatable bonds is 5. The van der Waals surface area contributed by atoms with Crippen LogP contribution in [0, 0.1) is 0 Å². The summed E-state index contributed by atoms with van der Waals surface area (Å²) in [4.78, 5) is 17.8. The summed E-state index contributed by atoms with van der Waals surface area (Å²) in [5, 5.41) is 3.38. The zero-order chi connectivity index (χ0) is 13.7. The van der Waals surface area contributed by atoms with E-state index in [9.17, 15) is 4.79 Å². The first-order chi connectivity index (χ1) is 8.40. The largest absolute Gasteiger partial charge is 0.349 e. The number of carbonyl (C=O) groups is 1. The van der Waals surface area contributed by atoms with E-state index in [0.29, 0.717) is 5.56 Å². The van der Waals surface area contributed by atoms with Gasteiger partial charge in [0.2, 0.25) is 0 Å². The number of aromatic nitrogens is 1. The molecule has 0 aliphatic heterocycles. The maximum absolute atomic E-state index is 11.9. The Kier molecular flexibility index (Phi) is 5.85. The number of nitrogens with one attached hydrogen (secondary N) is 1. The Morgan fingerprint density at radius 2 is 2.17 bits per heavy atom. The molecule has 0 radical (unpaired) electrons. The third kappa shape index (κ3) is 4.80. The number of pyridine rings is 1. The lowest BCUT2D eigenvalue weighted by Crippen LogP contribution is -2.34. The van der Waals surface area contributed by atoms with Crippen molar-refractivity contribution in [2.24, 2.45) is 0 Å². The standard InChI is InChI=1S/C12H17Cl2N3O/c1-8(4-5-17(2)3)16-12(18)9-6-10(13)11(14)15-7-9/h6-8H,4-5H2,1-3H3,(H,16,18). The van der Waals surface area contributed by atoms with Crippen molar-refractivity contribution >= 4 is 29.1 Å². The Morgan fingerprint density at radius 3 is 2.72 bits per heavy atom. The minimum atomic E-state index is -0.188. The van der Waals surface area contributed by atoms with Gasteiger partial charge in [-0.2, -0.15) is 0 Å². The molecular formula is C12H17Cl2N3O. The fourth-order valence-electron chi connectivity index (χ4n) is 1.38. The van der Waals surface area contributed by atoms with Crippen LogP contribution >= 0.6 is 23.2 Å². The van der Waals surface area contributed by atoms with Gasteiger partial charge in [-0.15, -0.1) is 0 Å². The minimum Gasteiger partial charge on any atom is -0.349 e. The fourth-order valence-corrected chi connectivity index (χ4v) is 1.65. The third-order valence-electron chi connectivity index (χ3n) is 2.45. The van der Waals surface area contributed by atoms with Crippen LogP contribution in [-0.4, -0.2) is 42.5 Å². The van der Waals surface area contributed by atoms with E-state index in [1.807, 2.05) is 21.0 Å². The van der Waals surface area contributed by atoms with E-state index in [-0.39, 0.29) is 22.1 Å². The summed E-state index contributed by atoms with van der Waals surface area (Å²) in [7, 11) is 3.99. The minimum absolute atomic E-state index is 0.0920. The van der Waals surface area contributed by atoms with Crippen LogP contribution in [0.15, 0.2) is 12.3 Å². The van der Waals surface area contributed by atoms with Crippen molar-refractivity contribution in [2.75, 3.05) is 20.6 Å². The molecule has 1 N–H and O–H groups in total. The molecule has 0 aromatic carbocycles. The molecule has 6 heteroatoms. The summed E-state index contributed by atoms with van der Waals surface area (Å²) in [6.45, 7) is 2.88. The molecule has 1 aromatic rings. The molecule has 1 unspecified atom stereocenters. The summed E-state index contributed by atoms with van der Waals surface area (Å²) in [6.07, 6.45) is 2.30. The molecule has 4 nitrogen and oxygen atoms in total. The average molecular weight is 290 g/mol. The zero-order valence-corrected chi connectivity index (χ0v) is 12.2. The van der Waals surface area contributed by atoms with Gasteiger partial charge >= 0.3 is 0 Å². The number of hydrogen-bond donors (Lipinski definition) is 1. The number of hydrogen-bond acceptors (Lipinski definition) is 3. The van der Waals surface area contributed by atoms with Crippen molar-refractivity contribution in [3.05, 3.63) is 28.0 Å². The van der Waals surface area contributed by atoms with Gasteiger partial charge in [-0.1, -0.05) is 23.2 Å². The predicted octanol–water partition coefficient (Wildman–Crippen LogP) is 2.46. The van der Waals surface area contributed by atoms with E-state index < -0.39 is 0 Å². The van der Waals surface area contributed by atoms with Gasteiger partial charge in [-0.25, -0.2) is 4.98 Å². The highest BCUT2D eigenvalue weighted by Gasteiger charge is 2.12. The van der Waals surface area contributed by atoms with E-state index in [2.05, 4.69) is 15.2 Å². The number of carbonyl (C=O) groups excluding carboxylic acids is 1. The molecule has 1 amide bonds. The lowest BCUT2D eigenvalue weighted by atomic mass is 10.2.